The average molecular weight is 291 g/mol. The first kappa shape index (κ1) is 16.9. The number of nitrogens with one attached hydrogen (secondary N) is 1. The van der Waals surface area contributed by atoms with Crippen molar-refractivity contribution in [2.75, 3.05) is 26.0 Å². The monoisotopic (exact) mass is 291 g/mol. The third kappa shape index (κ3) is 5.36. The Morgan fingerprint density at radius 3 is 2.67 bits per heavy atom. The van der Waals surface area contributed by atoms with Gasteiger partial charge < -0.3 is 10.2 Å². The average Bonchev–Trinajstić information content (AvgIpc) is 2.37. The van der Waals surface area contributed by atoms with E-state index in [-0.39, 0.29) is 23.1 Å². The van der Waals surface area contributed by atoms with Gasteiger partial charge in [0.25, 0.3) is 0 Å². The second-order valence-electron chi connectivity index (χ2n) is 5.69. The minimum atomic E-state index is -0.516. The van der Waals surface area contributed by atoms with Gasteiger partial charge in [-0.2, -0.15) is 5.26 Å². The third-order valence-electron chi connectivity index (χ3n) is 2.88. The van der Waals surface area contributed by atoms with Crippen LogP contribution < -0.4 is 5.32 Å². The summed E-state index contributed by atoms with van der Waals surface area (Å²) < 4.78 is 0. The summed E-state index contributed by atoms with van der Waals surface area (Å²) >= 11 is 0. The van der Waals surface area contributed by atoms with Gasteiger partial charge in [-0.05, 0) is 26.4 Å². The lowest BCUT2D eigenvalue weighted by Gasteiger charge is -2.24. The van der Waals surface area contributed by atoms with Crippen LogP contribution in [0.2, 0.25) is 0 Å². The number of pyridine rings is 1. The fourth-order valence-electron chi connectivity index (χ4n) is 2.15. The van der Waals surface area contributed by atoms with Crippen molar-refractivity contribution >= 4 is 11.5 Å². The maximum atomic E-state index is 11.1. The largest absolute Gasteiger partial charge is 0.360 e. The molecule has 1 aromatic rings. The minimum Gasteiger partial charge on any atom is -0.360 e. The maximum absolute atomic E-state index is 11.1. The molecular weight excluding hydrogens is 270 g/mol. The first-order chi connectivity index (χ1) is 9.83. The molecule has 0 saturated carbocycles. The number of anilines is 1. The molecule has 0 aliphatic heterocycles. The van der Waals surface area contributed by atoms with Gasteiger partial charge in [0, 0.05) is 24.8 Å². The molecule has 21 heavy (non-hydrogen) atoms. The lowest BCUT2D eigenvalue weighted by atomic mass is 10.0. The summed E-state index contributed by atoms with van der Waals surface area (Å²) in [6, 6.07) is 3.17. The molecule has 0 aliphatic carbocycles. The normalized spacial score (nSPS) is 12.2. The molecule has 1 atom stereocenters. The van der Waals surface area contributed by atoms with E-state index in [9.17, 15) is 10.1 Å². The van der Waals surface area contributed by atoms with Gasteiger partial charge >= 0.3 is 5.69 Å². The van der Waals surface area contributed by atoms with E-state index in [2.05, 4.69) is 24.1 Å². The van der Waals surface area contributed by atoms with Gasteiger partial charge in [0.1, 0.15) is 6.07 Å². The molecule has 0 amide bonds. The van der Waals surface area contributed by atoms with Gasteiger partial charge in [0.15, 0.2) is 0 Å². The molecule has 7 heteroatoms. The number of hydrogen-bond acceptors (Lipinski definition) is 6. The Balaban J connectivity index is 3.02. The van der Waals surface area contributed by atoms with Crippen molar-refractivity contribution in [3.8, 4) is 6.07 Å². The summed E-state index contributed by atoms with van der Waals surface area (Å²) in [5.41, 5.74) is 0.0156. The van der Waals surface area contributed by atoms with Crippen molar-refractivity contribution in [3.05, 3.63) is 27.9 Å². The molecule has 1 heterocycles. The van der Waals surface area contributed by atoms with Crippen LogP contribution in [0.5, 0.6) is 0 Å². The zero-order valence-corrected chi connectivity index (χ0v) is 12.8. The lowest BCUT2D eigenvalue weighted by molar-refractivity contribution is -0.384. The Morgan fingerprint density at radius 2 is 2.19 bits per heavy atom. The van der Waals surface area contributed by atoms with Crippen LogP contribution in [0.3, 0.4) is 0 Å². The minimum absolute atomic E-state index is 0.0548. The third-order valence-corrected chi connectivity index (χ3v) is 2.88. The van der Waals surface area contributed by atoms with E-state index in [4.69, 9.17) is 5.26 Å². The van der Waals surface area contributed by atoms with E-state index in [0.717, 1.165) is 13.0 Å². The standard InChI is InChI=1S/C14H21N5O2/c1-10(2)5-12(9-18(3)4)17-14-13(19(20)21)6-11(7-15)8-16-14/h6,8,10,12H,5,9H2,1-4H3,(H,16,17). The molecule has 0 radical (unpaired) electrons. The highest BCUT2D eigenvalue weighted by atomic mass is 16.6. The lowest BCUT2D eigenvalue weighted by Crippen LogP contribution is -2.34. The van der Waals surface area contributed by atoms with E-state index >= 15 is 0 Å². The first-order valence-corrected chi connectivity index (χ1v) is 6.79. The zero-order chi connectivity index (χ0) is 16.0. The molecule has 0 saturated heterocycles. The van der Waals surface area contributed by atoms with Gasteiger partial charge in [0.05, 0.1) is 10.5 Å². The second kappa shape index (κ2) is 7.55. The number of nitriles is 1. The molecule has 0 aliphatic rings. The molecular formula is C14H21N5O2. The smallest absolute Gasteiger partial charge is 0.312 e. The second-order valence-corrected chi connectivity index (χ2v) is 5.69. The van der Waals surface area contributed by atoms with Crippen molar-refractivity contribution in [1.29, 1.82) is 5.26 Å². The SMILES string of the molecule is CC(C)CC(CN(C)C)Nc1ncc(C#N)cc1[N+](=O)[O-]. The van der Waals surface area contributed by atoms with E-state index in [1.54, 1.807) is 0 Å². The summed E-state index contributed by atoms with van der Waals surface area (Å²) in [5.74, 6) is 0.673. The van der Waals surface area contributed by atoms with Crippen LogP contribution in [0.25, 0.3) is 0 Å². The van der Waals surface area contributed by atoms with Crippen molar-refractivity contribution in [2.45, 2.75) is 26.3 Å². The number of nitro groups is 1. The van der Waals surface area contributed by atoms with Crippen LogP contribution in [0, 0.1) is 27.4 Å². The highest BCUT2D eigenvalue weighted by molar-refractivity contribution is 5.58. The highest BCUT2D eigenvalue weighted by Crippen LogP contribution is 2.24. The quantitative estimate of drug-likeness (QED) is 0.611. The predicted molar refractivity (Wildman–Crippen MR) is 81.0 cm³/mol. The molecule has 0 aromatic carbocycles. The summed E-state index contributed by atoms with van der Waals surface area (Å²) in [7, 11) is 3.91. The number of nitrogens with zero attached hydrogens (tertiary/aromatic N) is 4. The van der Waals surface area contributed by atoms with Gasteiger partial charge in [-0.3, -0.25) is 10.1 Å². The first-order valence-electron chi connectivity index (χ1n) is 6.79. The molecule has 1 N–H and O–H groups in total. The van der Waals surface area contributed by atoms with Crippen LogP contribution in [-0.4, -0.2) is 41.5 Å². The maximum Gasteiger partial charge on any atom is 0.312 e. The Morgan fingerprint density at radius 1 is 1.52 bits per heavy atom. The van der Waals surface area contributed by atoms with Gasteiger partial charge in [-0.25, -0.2) is 4.98 Å². The van der Waals surface area contributed by atoms with Crippen molar-refractivity contribution in [2.24, 2.45) is 5.92 Å². The van der Waals surface area contributed by atoms with E-state index in [1.165, 1.54) is 12.3 Å². The molecule has 1 unspecified atom stereocenters. The van der Waals surface area contributed by atoms with Crippen LogP contribution in [0.4, 0.5) is 11.5 Å². The van der Waals surface area contributed by atoms with E-state index in [1.807, 2.05) is 25.1 Å². The number of aromatic nitrogens is 1. The van der Waals surface area contributed by atoms with Gasteiger partial charge in [-0.15, -0.1) is 0 Å². The summed E-state index contributed by atoms with van der Waals surface area (Å²) in [4.78, 5) is 16.7. The fourth-order valence-corrected chi connectivity index (χ4v) is 2.15. The molecule has 0 fully saturated rings. The molecule has 7 nitrogen and oxygen atoms in total. The van der Waals surface area contributed by atoms with Crippen LogP contribution >= 0.6 is 0 Å². The number of likely N-dealkylation sites (N-methyl/N-ethyl adjacent to an activating group) is 1. The van der Waals surface area contributed by atoms with Crippen LogP contribution in [0.15, 0.2) is 12.3 Å². The Hall–Kier alpha value is -2.20. The van der Waals surface area contributed by atoms with E-state index in [0.29, 0.717) is 5.92 Å². The summed E-state index contributed by atoms with van der Waals surface area (Å²) in [6.45, 7) is 4.95. The summed E-state index contributed by atoms with van der Waals surface area (Å²) in [5, 5.41) is 23.1. The number of hydrogen-bond donors (Lipinski definition) is 1. The predicted octanol–water partition coefficient (Wildman–Crippen LogP) is 2.25. The van der Waals surface area contributed by atoms with E-state index < -0.39 is 4.92 Å². The van der Waals surface area contributed by atoms with Gasteiger partial charge in [0.2, 0.25) is 5.82 Å². The van der Waals surface area contributed by atoms with Crippen LogP contribution in [-0.2, 0) is 0 Å². The zero-order valence-electron chi connectivity index (χ0n) is 12.8. The number of rotatable bonds is 7. The van der Waals surface area contributed by atoms with Crippen LogP contribution in [0.1, 0.15) is 25.8 Å². The molecule has 1 aromatic heterocycles. The highest BCUT2D eigenvalue weighted by Gasteiger charge is 2.20. The Kier molecular flexibility index (Phi) is 6.06. The molecule has 0 bridgehead atoms. The molecule has 1 rings (SSSR count). The topological polar surface area (TPSA) is 95.1 Å². The van der Waals surface area contributed by atoms with Crippen molar-refractivity contribution in [1.82, 2.24) is 9.88 Å². The molecule has 114 valence electrons. The van der Waals surface area contributed by atoms with Gasteiger partial charge in [-0.1, -0.05) is 13.8 Å². The van der Waals surface area contributed by atoms with Crippen molar-refractivity contribution < 1.29 is 4.92 Å². The Bertz CT molecular complexity index is 527. The fraction of sp³-hybridized carbons (Fsp3) is 0.571. The molecule has 0 spiro atoms. The Labute approximate surface area is 124 Å². The summed E-state index contributed by atoms with van der Waals surface area (Å²) in [6.07, 6.45) is 2.22. The van der Waals surface area contributed by atoms with Crippen molar-refractivity contribution in [3.63, 3.8) is 0 Å².